The highest BCUT2D eigenvalue weighted by molar-refractivity contribution is 5.41. The molecule has 1 atom stereocenters. The van der Waals surface area contributed by atoms with E-state index in [4.69, 9.17) is 11.2 Å². The van der Waals surface area contributed by atoms with E-state index in [0.29, 0.717) is 12.3 Å². The molecule has 0 aromatic heterocycles. The Balaban J connectivity index is 2.67. The lowest BCUT2D eigenvalue weighted by atomic mass is 10.2. The highest BCUT2D eigenvalue weighted by atomic mass is 16.5. The van der Waals surface area contributed by atoms with Crippen molar-refractivity contribution in [3.63, 3.8) is 0 Å². The van der Waals surface area contributed by atoms with Crippen LogP contribution in [0.3, 0.4) is 0 Å². The number of hydrogen-bond donors (Lipinski definition) is 2. The number of nitrogens with one attached hydrogen (secondary N) is 1. The molecule has 2 N–H and O–H groups in total. The molecule has 0 radical (unpaired) electrons. The Kier molecular flexibility index (Phi) is 4.02. The van der Waals surface area contributed by atoms with Crippen molar-refractivity contribution in [1.82, 2.24) is 5.32 Å². The first-order valence-electron chi connectivity index (χ1n) is 4.72. The lowest BCUT2D eigenvalue weighted by Gasteiger charge is -2.09. The molecule has 0 spiro atoms. The van der Waals surface area contributed by atoms with Gasteiger partial charge in [-0.15, -0.1) is 6.42 Å². The van der Waals surface area contributed by atoms with Gasteiger partial charge in [-0.05, 0) is 24.6 Å². The molecule has 0 bridgehead atoms. The normalized spacial score (nSPS) is 11.8. The second-order valence-corrected chi connectivity index (χ2v) is 3.28. The molecule has 80 valence electrons. The maximum atomic E-state index is 9.38. The first-order valence-corrected chi connectivity index (χ1v) is 4.72. The van der Waals surface area contributed by atoms with Crippen LogP contribution in [0.2, 0.25) is 0 Å². The molecule has 0 saturated heterocycles. The molecule has 0 amide bonds. The van der Waals surface area contributed by atoms with Crippen LogP contribution in [0.15, 0.2) is 18.2 Å². The molecule has 0 aliphatic rings. The Morgan fingerprint density at radius 2 is 2.33 bits per heavy atom. The number of ether oxygens (including phenoxy) is 1. The monoisotopic (exact) mass is 205 g/mol. The van der Waals surface area contributed by atoms with Gasteiger partial charge in [0, 0.05) is 6.54 Å². The topological polar surface area (TPSA) is 41.5 Å². The maximum absolute atomic E-state index is 9.38. The van der Waals surface area contributed by atoms with Crippen LogP contribution in [0.1, 0.15) is 12.5 Å². The van der Waals surface area contributed by atoms with Crippen LogP contribution >= 0.6 is 0 Å². The van der Waals surface area contributed by atoms with Crippen LogP contribution in [0.4, 0.5) is 0 Å². The summed E-state index contributed by atoms with van der Waals surface area (Å²) >= 11 is 0. The van der Waals surface area contributed by atoms with Crippen molar-refractivity contribution in [2.24, 2.45) is 0 Å². The van der Waals surface area contributed by atoms with E-state index in [9.17, 15) is 5.11 Å². The standard InChI is InChI=1S/C12H15NO2/c1-4-9(2)13-8-10-5-6-11(14)12(7-10)15-3/h1,5-7,9,13-14H,8H2,2-3H3. The molecule has 3 heteroatoms. The Hall–Kier alpha value is -1.66. The van der Waals surface area contributed by atoms with Gasteiger partial charge in [-0.3, -0.25) is 5.32 Å². The predicted octanol–water partition coefficient (Wildman–Crippen LogP) is 1.51. The van der Waals surface area contributed by atoms with Crippen molar-refractivity contribution in [1.29, 1.82) is 0 Å². The van der Waals surface area contributed by atoms with Gasteiger partial charge in [0.15, 0.2) is 11.5 Å². The number of terminal acetylenes is 1. The molecule has 3 nitrogen and oxygen atoms in total. The second-order valence-electron chi connectivity index (χ2n) is 3.28. The summed E-state index contributed by atoms with van der Waals surface area (Å²) in [6.45, 7) is 2.57. The number of rotatable bonds is 4. The van der Waals surface area contributed by atoms with Gasteiger partial charge in [-0.25, -0.2) is 0 Å². The van der Waals surface area contributed by atoms with E-state index in [-0.39, 0.29) is 11.8 Å². The predicted molar refractivity (Wildman–Crippen MR) is 59.8 cm³/mol. The Morgan fingerprint density at radius 3 is 2.93 bits per heavy atom. The third-order valence-electron chi connectivity index (χ3n) is 2.11. The molecule has 1 rings (SSSR count). The molecule has 0 aliphatic carbocycles. The van der Waals surface area contributed by atoms with Gasteiger partial charge in [0.25, 0.3) is 0 Å². The zero-order valence-electron chi connectivity index (χ0n) is 8.95. The van der Waals surface area contributed by atoms with Gasteiger partial charge < -0.3 is 9.84 Å². The lowest BCUT2D eigenvalue weighted by Crippen LogP contribution is -2.23. The molecule has 1 aromatic carbocycles. The average Bonchev–Trinajstić information content (AvgIpc) is 2.27. The second kappa shape index (κ2) is 5.28. The van der Waals surface area contributed by atoms with Gasteiger partial charge in [-0.1, -0.05) is 12.0 Å². The van der Waals surface area contributed by atoms with Crippen LogP contribution in [0.5, 0.6) is 11.5 Å². The zero-order valence-corrected chi connectivity index (χ0v) is 8.95. The molecule has 0 aliphatic heterocycles. The van der Waals surface area contributed by atoms with E-state index >= 15 is 0 Å². The minimum Gasteiger partial charge on any atom is -0.504 e. The summed E-state index contributed by atoms with van der Waals surface area (Å²) in [7, 11) is 1.52. The Labute approximate surface area is 90.1 Å². The van der Waals surface area contributed by atoms with E-state index in [1.165, 1.54) is 7.11 Å². The smallest absolute Gasteiger partial charge is 0.160 e. The van der Waals surface area contributed by atoms with Crippen LogP contribution in [0, 0.1) is 12.3 Å². The van der Waals surface area contributed by atoms with Crippen molar-refractivity contribution in [2.75, 3.05) is 7.11 Å². The van der Waals surface area contributed by atoms with Crippen LogP contribution in [-0.2, 0) is 6.54 Å². The first kappa shape index (κ1) is 11.4. The van der Waals surface area contributed by atoms with E-state index < -0.39 is 0 Å². The number of hydrogen-bond acceptors (Lipinski definition) is 3. The maximum Gasteiger partial charge on any atom is 0.160 e. The summed E-state index contributed by atoms with van der Waals surface area (Å²) in [5, 5.41) is 12.5. The summed E-state index contributed by atoms with van der Waals surface area (Å²) in [5.41, 5.74) is 1.02. The minimum absolute atomic E-state index is 0.0322. The molecule has 0 saturated carbocycles. The SMILES string of the molecule is C#CC(C)NCc1ccc(O)c(OC)c1. The number of phenols is 1. The third kappa shape index (κ3) is 3.19. The fraction of sp³-hybridized carbons (Fsp3) is 0.333. The van der Waals surface area contributed by atoms with Gasteiger partial charge in [0.1, 0.15) is 0 Å². The molecule has 1 unspecified atom stereocenters. The molecule has 1 aromatic rings. The number of benzene rings is 1. The highest BCUT2D eigenvalue weighted by Gasteiger charge is 2.03. The van der Waals surface area contributed by atoms with Crippen LogP contribution in [-0.4, -0.2) is 18.3 Å². The highest BCUT2D eigenvalue weighted by Crippen LogP contribution is 2.26. The number of methoxy groups -OCH3 is 1. The lowest BCUT2D eigenvalue weighted by molar-refractivity contribution is 0.372. The van der Waals surface area contributed by atoms with Crippen molar-refractivity contribution in [2.45, 2.75) is 19.5 Å². The number of aromatic hydroxyl groups is 1. The summed E-state index contributed by atoms with van der Waals surface area (Å²) < 4.78 is 5.00. The van der Waals surface area contributed by atoms with Crippen LogP contribution in [0.25, 0.3) is 0 Å². The third-order valence-corrected chi connectivity index (χ3v) is 2.11. The van der Waals surface area contributed by atoms with Gasteiger partial charge >= 0.3 is 0 Å². The van der Waals surface area contributed by atoms with Crippen molar-refractivity contribution >= 4 is 0 Å². The largest absolute Gasteiger partial charge is 0.504 e. The molecular weight excluding hydrogens is 190 g/mol. The van der Waals surface area contributed by atoms with Crippen molar-refractivity contribution in [3.8, 4) is 23.8 Å². The van der Waals surface area contributed by atoms with Crippen LogP contribution < -0.4 is 10.1 Å². The van der Waals surface area contributed by atoms with E-state index in [1.807, 2.05) is 13.0 Å². The summed E-state index contributed by atoms with van der Waals surface area (Å²) in [6, 6.07) is 5.25. The Morgan fingerprint density at radius 1 is 1.60 bits per heavy atom. The van der Waals surface area contributed by atoms with E-state index in [2.05, 4.69) is 11.2 Å². The fourth-order valence-corrected chi connectivity index (χ4v) is 1.16. The average molecular weight is 205 g/mol. The quantitative estimate of drug-likeness (QED) is 0.732. The van der Waals surface area contributed by atoms with Gasteiger partial charge in [0.05, 0.1) is 13.2 Å². The van der Waals surface area contributed by atoms with Gasteiger partial charge in [-0.2, -0.15) is 0 Å². The van der Waals surface area contributed by atoms with Gasteiger partial charge in [0.2, 0.25) is 0 Å². The summed E-state index contributed by atoms with van der Waals surface area (Å²) in [5.74, 6) is 3.20. The van der Waals surface area contributed by atoms with E-state index in [0.717, 1.165) is 5.56 Å². The molecule has 15 heavy (non-hydrogen) atoms. The van der Waals surface area contributed by atoms with Crippen molar-refractivity contribution < 1.29 is 9.84 Å². The Bertz CT molecular complexity index is 368. The number of phenolic OH excluding ortho intramolecular Hbond substituents is 1. The summed E-state index contributed by atoms with van der Waals surface area (Å²) in [6.07, 6.45) is 5.24. The molecule has 0 fully saturated rings. The van der Waals surface area contributed by atoms with E-state index in [1.54, 1.807) is 12.1 Å². The zero-order chi connectivity index (χ0) is 11.3. The minimum atomic E-state index is 0.0322. The molecular formula is C12H15NO2. The fourth-order valence-electron chi connectivity index (χ4n) is 1.16. The van der Waals surface area contributed by atoms with Crippen molar-refractivity contribution in [3.05, 3.63) is 23.8 Å². The first-order chi connectivity index (χ1) is 7.17. The summed E-state index contributed by atoms with van der Waals surface area (Å²) in [4.78, 5) is 0. The molecule has 0 heterocycles.